The van der Waals surface area contributed by atoms with E-state index in [1.807, 2.05) is 12.1 Å². The summed E-state index contributed by atoms with van der Waals surface area (Å²) in [6.45, 7) is 3.34. The van der Waals surface area contributed by atoms with Gasteiger partial charge >= 0.3 is 5.97 Å². The first-order valence-corrected chi connectivity index (χ1v) is 11.0. The molecule has 1 fully saturated rings. The van der Waals surface area contributed by atoms with Crippen LogP contribution in [-0.2, 0) is 0 Å². The van der Waals surface area contributed by atoms with E-state index in [9.17, 15) is 4.79 Å². The Morgan fingerprint density at radius 1 is 1.19 bits per heavy atom. The van der Waals surface area contributed by atoms with Gasteiger partial charge in [0, 0.05) is 29.5 Å². The molecule has 0 radical (unpaired) electrons. The molecular formula is C23H21N5O2S. The van der Waals surface area contributed by atoms with Crippen LogP contribution in [0, 0.1) is 0 Å². The molecule has 1 saturated heterocycles. The number of carboxylic acid groups (broad SMARTS) is 1. The van der Waals surface area contributed by atoms with E-state index >= 15 is 0 Å². The van der Waals surface area contributed by atoms with Crippen LogP contribution in [-0.4, -0.2) is 38.6 Å². The van der Waals surface area contributed by atoms with Crippen LogP contribution in [0.15, 0.2) is 54.0 Å². The minimum atomic E-state index is -0.958. The van der Waals surface area contributed by atoms with Crippen molar-refractivity contribution in [1.29, 1.82) is 0 Å². The quantitative estimate of drug-likeness (QED) is 0.450. The third-order valence-electron chi connectivity index (χ3n) is 5.58. The molecule has 4 aromatic rings. The van der Waals surface area contributed by atoms with E-state index in [4.69, 9.17) is 10.1 Å². The number of aromatic nitrogens is 3. The van der Waals surface area contributed by atoms with Crippen molar-refractivity contribution in [2.45, 2.75) is 25.8 Å². The molecule has 2 aromatic heterocycles. The zero-order valence-corrected chi connectivity index (χ0v) is 17.8. The number of carboxylic acids is 1. The molecule has 8 heteroatoms. The first-order chi connectivity index (χ1) is 15.1. The fourth-order valence-corrected chi connectivity index (χ4v) is 4.61. The van der Waals surface area contributed by atoms with Crippen molar-refractivity contribution in [3.63, 3.8) is 0 Å². The summed E-state index contributed by atoms with van der Waals surface area (Å²) in [5.74, 6) is 0.204. The lowest BCUT2D eigenvalue weighted by atomic mass is 10.1. The van der Waals surface area contributed by atoms with E-state index in [0.29, 0.717) is 17.7 Å². The molecule has 2 N–H and O–H groups in total. The predicted molar refractivity (Wildman–Crippen MR) is 123 cm³/mol. The van der Waals surface area contributed by atoms with Crippen molar-refractivity contribution in [3.8, 4) is 11.4 Å². The standard InChI is InChI=1S/C23H21N5O2S/c1-14-4-3-11-28(14)18-6-2-5-17(12-18)25-21-19-22(31-13-24-19)27-20(26-21)15-7-9-16(10-8-15)23(29)30/h2,5-10,12-14H,3-4,11H2,1H3,(H,29,30)(H,25,26,27). The maximum absolute atomic E-state index is 11.1. The van der Waals surface area contributed by atoms with Gasteiger partial charge < -0.3 is 15.3 Å². The number of benzene rings is 2. The SMILES string of the molecule is CC1CCCN1c1cccc(Nc2nc(-c3ccc(C(=O)O)cc3)nc3scnc23)c1. The number of hydrogen-bond donors (Lipinski definition) is 2. The van der Waals surface area contributed by atoms with Crippen LogP contribution < -0.4 is 10.2 Å². The predicted octanol–water partition coefficient (Wildman–Crippen LogP) is 5.18. The first-order valence-electron chi connectivity index (χ1n) is 10.2. The molecule has 3 heterocycles. The maximum atomic E-state index is 11.1. The Hall–Kier alpha value is -3.52. The Morgan fingerprint density at radius 2 is 2.03 bits per heavy atom. The lowest BCUT2D eigenvalue weighted by molar-refractivity contribution is 0.0697. The Kier molecular flexibility index (Phi) is 4.99. The summed E-state index contributed by atoms with van der Waals surface area (Å²) in [5, 5.41) is 12.6. The third kappa shape index (κ3) is 3.82. The van der Waals surface area contributed by atoms with Crippen LogP contribution >= 0.6 is 11.3 Å². The lowest BCUT2D eigenvalue weighted by Gasteiger charge is -2.24. The Bertz CT molecular complexity index is 1250. The van der Waals surface area contributed by atoms with Crippen molar-refractivity contribution in [3.05, 3.63) is 59.6 Å². The van der Waals surface area contributed by atoms with Crippen LogP contribution in [0.1, 0.15) is 30.1 Å². The van der Waals surface area contributed by atoms with Gasteiger partial charge in [0.25, 0.3) is 0 Å². The minimum absolute atomic E-state index is 0.230. The first kappa shape index (κ1) is 19.4. The molecule has 0 saturated carbocycles. The van der Waals surface area contributed by atoms with Crippen molar-refractivity contribution in [1.82, 2.24) is 15.0 Å². The summed E-state index contributed by atoms with van der Waals surface area (Å²) in [6.07, 6.45) is 2.43. The highest BCUT2D eigenvalue weighted by molar-refractivity contribution is 7.16. The number of nitrogens with zero attached hydrogens (tertiary/aromatic N) is 4. The molecular weight excluding hydrogens is 410 g/mol. The van der Waals surface area contributed by atoms with Gasteiger partial charge in [-0.1, -0.05) is 18.2 Å². The molecule has 7 nitrogen and oxygen atoms in total. The second kappa shape index (κ2) is 7.96. The average molecular weight is 432 g/mol. The number of thiazole rings is 1. The highest BCUT2D eigenvalue weighted by Gasteiger charge is 2.21. The molecule has 1 unspecified atom stereocenters. The van der Waals surface area contributed by atoms with Crippen molar-refractivity contribution >= 4 is 44.8 Å². The fraction of sp³-hybridized carbons (Fsp3) is 0.217. The smallest absolute Gasteiger partial charge is 0.335 e. The number of aromatic carboxylic acids is 1. The van der Waals surface area contributed by atoms with E-state index in [-0.39, 0.29) is 5.56 Å². The normalized spacial score (nSPS) is 16.0. The number of nitrogens with one attached hydrogen (secondary N) is 1. The molecule has 0 aliphatic carbocycles. The van der Waals surface area contributed by atoms with E-state index in [0.717, 1.165) is 28.1 Å². The summed E-state index contributed by atoms with van der Waals surface area (Å²) in [4.78, 5) is 28.1. The van der Waals surface area contributed by atoms with E-state index in [1.165, 1.54) is 29.9 Å². The van der Waals surface area contributed by atoms with Gasteiger partial charge in [-0.05, 0) is 50.1 Å². The van der Waals surface area contributed by atoms with Crippen LogP contribution in [0.4, 0.5) is 17.2 Å². The average Bonchev–Trinajstić information content (AvgIpc) is 3.43. The van der Waals surface area contributed by atoms with E-state index < -0.39 is 5.97 Å². The molecule has 0 bridgehead atoms. The van der Waals surface area contributed by atoms with Crippen molar-refractivity contribution < 1.29 is 9.90 Å². The van der Waals surface area contributed by atoms with Gasteiger partial charge in [-0.15, -0.1) is 11.3 Å². The summed E-state index contributed by atoms with van der Waals surface area (Å²) in [6, 6.07) is 15.5. The summed E-state index contributed by atoms with van der Waals surface area (Å²) in [5.41, 5.74) is 5.59. The Balaban J connectivity index is 1.50. The molecule has 1 atom stereocenters. The second-order valence-electron chi connectivity index (χ2n) is 7.64. The van der Waals surface area contributed by atoms with E-state index in [1.54, 1.807) is 29.8 Å². The molecule has 5 rings (SSSR count). The fourth-order valence-electron chi connectivity index (χ4n) is 3.96. The molecule has 1 aliphatic rings. The zero-order chi connectivity index (χ0) is 21.4. The maximum Gasteiger partial charge on any atom is 0.335 e. The minimum Gasteiger partial charge on any atom is -0.478 e. The monoisotopic (exact) mass is 431 g/mol. The summed E-state index contributed by atoms with van der Waals surface area (Å²) >= 11 is 1.45. The van der Waals surface area contributed by atoms with Gasteiger partial charge in [-0.25, -0.2) is 19.7 Å². The molecule has 0 amide bonds. The number of fused-ring (bicyclic) bond motifs is 1. The van der Waals surface area contributed by atoms with Gasteiger partial charge in [0.15, 0.2) is 11.6 Å². The number of hydrogen-bond acceptors (Lipinski definition) is 7. The summed E-state index contributed by atoms with van der Waals surface area (Å²) in [7, 11) is 0. The van der Waals surface area contributed by atoms with Gasteiger partial charge in [0.05, 0.1) is 11.1 Å². The Morgan fingerprint density at radius 3 is 2.77 bits per heavy atom. The van der Waals surface area contributed by atoms with E-state index in [2.05, 4.69) is 39.2 Å². The topological polar surface area (TPSA) is 91.2 Å². The van der Waals surface area contributed by atoms with Crippen LogP contribution in [0.3, 0.4) is 0 Å². The molecule has 156 valence electrons. The third-order valence-corrected chi connectivity index (χ3v) is 6.30. The largest absolute Gasteiger partial charge is 0.478 e. The van der Waals surface area contributed by atoms with Crippen LogP contribution in [0.25, 0.3) is 21.7 Å². The molecule has 1 aliphatic heterocycles. The highest BCUT2D eigenvalue weighted by atomic mass is 32.1. The van der Waals surface area contributed by atoms with Gasteiger partial charge in [0.2, 0.25) is 0 Å². The van der Waals surface area contributed by atoms with Crippen molar-refractivity contribution in [2.75, 3.05) is 16.8 Å². The number of anilines is 3. The van der Waals surface area contributed by atoms with Gasteiger partial charge in [-0.2, -0.15) is 0 Å². The molecule has 0 spiro atoms. The van der Waals surface area contributed by atoms with Gasteiger partial charge in [-0.3, -0.25) is 0 Å². The molecule has 31 heavy (non-hydrogen) atoms. The Labute approximate surface area is 183 Å². The number of carbonyl (C=O) groups is 1. The number of rotatable bonds is 5. The second-order valence-corrected chi connectivity index (χ2v) is 8.48. The van der Waals surface area contributed by atoms with Crippen LogP contribution in [0.5, 0.6) is 0 Å². The van der Waals surface area contributed by atoms with Gasteiger partial charge in [0.1, 0.15) is 10.3 Å². The van der Waals surface area contributed by atoms with Crippen molar-refractivity contribution in [2.24, 2.45) is 0 Å². The summed E-state index contributed by atoms with van der Waals surface area (Å²) < 4.78 is 0. The van der Waals surface area contributed by atoms with Crippen LogP contribution in [0.2, 0.25) is 0 Å². The lowest BCUT2D eigenvalue weighted by Crippen LogP contribution is -2.26. The molecule has 2 aromatic carbocycles. The zero-order valence-electron chi connectivity index (χ0n) is 16.9. The highest BCUT2D eigenvalue weighted by Crippen LogP contribution is 2.31.